The van der Waals surface area contributed by atoms with E-state index in [0.29, 0.717) is 25.7 Å². The second-order valence-electron chi connectivity index (χ2n) is 7.88. The van der Waals surface area contributed by atoms with Crippen LogP contribution in [0, 0.1) is 25.7 Å². The number of aromatic nitrogens is 3. The molecule has 2 saturated carbocycles. The van der Waals surface area contributed by atoms with Gasteiger partial charge in [0.25, 0.3) is 0 Å². The lowest BCUT2D eigenvalue weighted by atomic mass is 10.1. The molecule has 0 unspecified atom stereocenters. The van der Waals surface area contributed by atoms with Crippen LogP contribution in [0.15, 0.2) is 0 Å². The summed E-state index contributed by atoms with van der Waals surface area (Å²) in [6.07, 6.45) is 5.22. The van der Waals surface area contributed by atoms with E-state index in [2.05, 4.69) is 20.3 Å². The number of amides is 1. The Morgan fingerprint density at radius 1 is 1.28 bits per heavy atom. The Morgan fingerprint density at radius 2 is 2.00 bits per heavy atom. The van der Waals surface area contributed by atoms with Gasteiger partial charge in [-0.25, -0.2) is 9.67 Å². The van der Waals surface area contributed by atoms with Crippen LogP contribution < -0.4 is 5.32 Å². The summed E-state index contributed by atoms with van der Waals surface area (Å²) >= 11 is 0. The molecule has 0 aromatic carbocycles. The van der Waals surface area contributed by atoms with Gasteiger partial charge >= 0.3 is 0 Å². The SMILES string of the molecule is Cc1nc(C)n(C[C@H]2CN(CC(=O)NC(C3CC3)C3CC3)CCO2)n1. The van der Waals surface area contributed by atoms with Gasteiger partial charge in [-0.15, -0.1) is 0 Å². The number of nitrogens with zero attached hydrogens (tertiary/aromatic N) is 4. The summed E-state index contributed by atoms with van der Waals surface area (Å²) in [6, 6.07) is 0.435. The topological polar surface area (TPSA) is 72.3 Å². The van der Waals surface area contributed by atoms with Crippen LogP contribution in [0.3, 0.4) is 0 Å². The molecule has 4 rings (SSSR count). The molecule has 1 atom stereocenters. The molecule has 3 aliphatic rings. The molecule has 25 heavy (non-hydrogen) atoms. The van der Waals surface area contributed by atoms with E-state index in [1.54, 1.807) is 0 Å². The maximum Gasteiger partial charge on any atom is 0.234 e. The van der Waals surface area contributed by atoms with Gasteiger partial charge in [0, 0.05) is 19.1 Å². The first-order valence-corrected chi connectivity index (χ1v) is 9.60. The molecular formula is C18H29N5O2. The fraction of sp³-hybridized carbons (Fsp3) is 0.833. The Bertz CT molecular complexity index is 611. The largest absolute Gasteiger partial charge is 0.374 e. The number of aryl methyl sites for hydroxylation is 2. The number of hydrogen-bond acceptors (Lipinski definition) is 5. The van der Waals surface area contributed by atoms with Gasteiger partial charge in [0.05, 0.1) is 25.8 Å². The second-order valence-corrected chi connectivity index (χ2v) is 7.88. The fourth-order valence-corrected chi connectivity index (χ4v) is 3.93. The lowest BCUT2D eigenvalue weighted by Crippen LogP contribution is -2.50. The highest BCUT2D eigenvalue weighted by molar-refractivity contribution is 5.78. The number of ether oxygens (including phenoxy) is 1. The average molecular weight is 347 g/mol. The molecule has 2 heterocycles. The summed E-state index contributed by atoms with van der Waals surface area (Å²) in [5.41, 5.74) is 0. The summed E-state index contributed by atoms with van der Waals surface area (Å²) in [5, 5.41) is 7.73. The zero-order valence-electron chi connectivity index (χ0n) is 15.3. The van der Waals surface area contributed by atoms with E-state index in [4.69, 9.17) is 4.74 Å². The van der Waals surface area contributed by atoms with E-state index >= 15 is 0 Å². The molecule has 1 aromatic rings. The molecule has 1 N–H and O–H groups in total. The van der Waals surface area contributed by atoms with Crippen molar-refractivity contribution in [3.05, 3.63) is 11.6 Å². The van der Waals surface area contributed by atoms with E-state index in [-0.39, 0.29) is 12.0 Å². The van der Waals surface area contributed by atoms with Crippen LogP contribution in [0.2, 0.25) is 0 Å². The highest BCUT2D eigenvalue weighted by Gasteiger charge is 2.42. The Morgan fingerprint density at radius 3 is 2.60 bits per heavy atom. The van der Waals surface area contributed by atoms with Gasteiger partial charge in [-0.1, -0.05) is 0 Å². The van der Waals surface area contributed by atoms with Crippen molar-refractivity contribution in [3.8, 4) is 0 Å². The van der Waals surface area contributed by atoms with Gasteiger partial charge in [-0.3, -0.25) is 9.69 Å². The predicted octanol–water partition coefficient (Wildman–Crippen LogP) is 0.901. The van der Waals surface area contributed by atoms with E-state index < -0.39 is 0 Å². The molecule has 1 saturated heterocycles. The van der Waals surface area contributed by atoms with Crippen molar-refractivity contribution in [3.63, 3.8) is 0 Å². The molecule has 7 heteroatoms. The van der Waals surface area contributed by atoms with Crippen molar-refractivity contribution in [1.82, 2.24) is 25.0 Å². The van der Waals surface area contributed by atoms with Gasteiger partial charge in [0.1, 0.15) is 11.6 Å². The lowest BCUT2D eigenvalue weighted by molar-refractivity contribution is -0.125. The molecule has 0 radical (unpaired) electrons. The van der Waals surface area contributed by atoms with Crippen LogP contribution in [-0.2, 0) is 16.1 Å². The van der Waals surface area contributed by atoms with Crippen LogP contribution in [0.25, 0.3) is 0 Å². The van der Waals surface area contributed by atoms with Crippen molar-refractivity contribution in [2.75, 3.05) is 26.2 Å². The van der Waals surface area contributed by atoms with Crippen LogP contribution in [0.1, 0.15) is 37.3 Å². The minimum Gasteiger partial charge on any atom is -0.374 e. The minimum atomic E-state index is 0.0593. The summed E-state index contributed by atoms with van der Waals surface area (Å²) in [5.74, 6) is 3.36. The maximum atomic E-state index is 12.5. The Labute approximate surface area is 149 Å². The molecule has 3 fully saturated rings. The van der Waals surface area contributed by atoms with Crippen molar-refractivity contribution in [2.24, 2.45) is 11.8 Å². The molecule has 138 valence electrons. The first kappa shape index (κ1) is 17.0. The summed E-state index contributed by atoms with van der Waals surface area (Å²) in [7, 11) is 0. The average Bonchev–Trinajstić information content (AvgIpc) is 3.46. The monoisotopic (exact) mass is 347 g/mol. The highest BCUT2D eigenvalue weighted by atomic mass is 16.5. The zero-order chi connectivity index (χ0) is 17.4. The standard InChI is InChI=1S/C18H29N5O2/c1-12-19-13(2)23(21-12)10-16-9-22(7-8-25-16)11-17(24)20-18(14-3-4-14)15-5-6-15/h14-16,18H,3-11H2,1-2H3,(H,20,24)/t16-/m1/s1. The third-order valence-electron chi connectivity index (χ3n) is 5.52. The van der Waals surface area contributed by atoms with E-state index in [9.17, 15) is 4.79 Å². The van der Waals surface area contributed by atoms with Crippen molar-refractivity contribution in [1.29, 1.82) is 0 Å². The smallest absolute Gasteiger partial charge is 0.234 e. The normalized spacial score (nSPS) is 24.7. The van der Waals surface area contributed by atoms with Gasteiger partial charge in [0.15, 0.2) is 0 Å². The molecule has 1 amide bonds. The van der Waals surface area contributed by atoms with Crippen molar-refractivity contribution >= 4 is 5.91 Å². The number of rotatable bonds is 7. The third kappa shape index (κ3) is 4.39. The van der Waals surface area contributed by atoms with Crippen molar-refractivity contribution < 1.29 is 9.53 Å². The van der Waals surface area contributed by atoms with Crippen LogP contribution in [0.4, 0.5) is 0 Å². The first-order valence-electron chi connectivity index (χ1n) is 9.60. The Balaban J connectivity index is 1.27. The molecule has 1 aliphatic heterocycles. The van der Waals surface area contributed by atoms with E-state index in [1.807, 2.05) is 18.5 Å². The van der Waals surface area contributed by atoms with Gasteiger partial charge in [0.2, 0.25) is 5.91 Å². The highest BCUT2D eigenvalue weighted by Crippen LogP contribution is 2.44. The Hall–Kier alpha value is -1.47. The molecule has 1 aromatic heterocycles. The van der Waals surface area contributed by atoms with Gasteiger partial charge < -0.3 is 10.1 Å². The van der Waals surface area contributed by atoms with Crippen LogP contribution >= 0.6 is 0 Å². The number of carbonyl (C=O) groups is 1. The molecule has 0 bridgehead atoms. The number of carbonyl (C=O) groups excluding carboxylic acids is 1. The van der Waals surface area contributed by atoms with Gasteiger partial charge in [-0.2, -0.15) is 5.10 Å². The van der Waals surface area contributed by atoms with Crippen LogP contribution in [0.5, 0.6) is 0 Å². The van der Waals surface area contributed by atoms with Crippen molar-refractivity contribution in [2.45, 2.75) is 58.2 Å². The number of hydrogen-bond donors (Lipinski definition) is 1. The molecule has 7 nitrogen and oxygen atoms in total. The quantitative estimate of drug-likeness (QED) is 0.793. The molecular weight excluding hydrogens is 318 g/mol. The minimum absolute atomic E-state index is 0.0593. The predicted molar refractivity (Wildman–Crippen MR) is 93.1 cm³/mol. The molecule has 0 spiro atoms. The number of morpholine rings is 1. The summed E-state index contributed by atoms with van der Waals surface area (Å²) in [6.45, 7) is 7.28. The van der Waals surface area contributed by atoms with E-state index in [0.717, 1.165) is 36.6 Å². The number of nitrogens with one attached hydrogen (secondary N) is 1. The first-order chi connectivity index (χ1) is 12.1. The zero-order valence-corrected chi connectivity index (χ0v) is 15.3. The summed E-state index contributed by atoms with van der Waals surface area (Å²) < 4.78 is 7.78. The second kappa shape index (κ2) is 7.03. The lowest BCUT2D eigenvalue weighted by Gasteiger charge is -2.33. The maximum absolute atomic E-state index is 12.5. The Kier molecular flexibility index (Phi) is 4.78. The molecule has 2 aliphatic carbocycles. The van der Waals surface area contributed by atoms with Gasteiger partial charge in [-0.05, 0) is 51.4 Å². The fourth-order valence-electron chi connectivity index (χ4n) is 3.93. The third-order valence-corrected chi connectivity index (χ3v) is 5.52. The van der Waals surface area contributed by atoms with Crippen LogP contribution in [-0.4, -0.2) is 64.0 Å². The van der Waals surface area contributed by atoms with E-state index in [1.165, 1.54) is 25.7 Å². The summed E-state index contributed by atoms with van der Waals surface area (Å²) in [4.78, 5) is 19.0.